The molecule has 114 valence electrons. The average molecular weight is 302 g/mol. The van der Waals surface area contributed by atoms with Gasteiger partial charge in [0.15, 0.2) is 0 Å². The lowest BCUT2D eigenvalue weighted by molar-refractivity contribution is -0.146. The molecule has 0 radical (unpaired) electrons. The zero-order valence-corrected chi connectivity index (χ0v) is 11.9. The van der Waals surface area contributed by atoms with Gasteiger partial charge in [-0.15, -0.1) is 0 Å². The lowest BCUT2D eigenvalue weighted by atomic mass is 10.3. The number of hydrogen-bond acceptors (Lipinski definition) is 6. The Hall–Kier alpha value is -2.83. The van der Waals surface area contributed by atoms with Crippen molar-refractivity contribution in [2.75, 3.05) is 13.2 Å². The van der Waals surface area contributed by atoms with E-state index in [0.717, 1.165) is 5.56 Å². The van der Waals surface area contributed by atoms with Gasteiger partial charge in [0.1, 0.15) is 31.7 Å². The molecule has 0 aromatic carbocycles. The van der Waals surface area contributed by atoms with Crippen molar-refractivity contribution >= 4 is 11.6 Å². The molecule has 0 spiro atoms. The van der Waals surface area contributed by atoms with Crippen LogP contribution in [0.2, 0.25) is 0 Å². The maximum Gasteiger partial charge on any atom is 0.377 e. The van der Waals surface area contributed by atoms with Gasteiger partial charge in [0.2, 0.25) is 5.76 Å². The Balaban J connectivity index is 1.79. The Labute approximate surface area is 125 Å². The summed E-state index contributed by atoms with van der Waals surface area (Å²) in [6.45, 7) is 2.45. The number of fused-ring (bicyclic) bond motifs is 1. The Bertz CT molecular complexity index is 809. The number of esters is 1. The molecule has 3 heterocycles. The van der Waals surface area contributed by atoms with Crippen LogP contribution in [0.3, 0.4) is 0 Å². The molecule has 0 aliphatic carbocycles. The van der Waals surface area contributed by atoms with Crippen molar-refractivity contribution in [1.82, 2.24) is 9.38 Å². The van der Waals surface area contributed by atoms with Crippen LogP contribution in [0.5, 0.6) is 0 Å². The summed E-state index contributed by atoms with van der Waals surface area (Å²) in [5.74, 6) is -0.633. The fraction of sp³-hybridized carbons (Fsp3) is 0.267. The first kappa shape index (κ1) is 14.1. The van der Waals surface area contributed by atoms with E-state index in [-0.39, 0.29) is 17.9 Å². The molecule has 0 unspecified atom stereocenters. The van der Waals surface area contributed by atoms with Gasteiger partial charge in [0, 0.05) is 12.3 Å². The molecule has 22 heavy (non-hydrogen) atoms. The number of nitrogens with zero attached hydrogens (tertiary/aromatic N) is 2. The highest BCUT2D eigenvalue weighted by atomic mass is 16.6. The van der Waals surface area contributed by atoms with E-state index in [1.165, 1.54) is 16.7 Å². The number of ether oxygens (including phenoxy) is 3. The number of aryl methyl sites for hydroxylation is 1. The molecule has 0 saturated carbocycles. The first-order valence-electron chi connectivity index (χ1n) is 6.75. The van der Waals surface area contributed by atoms with Crippen molar-refractivity contribution in [2.45, 2.75) is 13.5 Å². The zero-order valence-electron chi connectivity index (χ0n) is 11.9. The molecular formula is C15H14N2O5. The summed E-state index contributed by atoms with van der Waals surface area (Å²) >= 11 is 0. The number of carbonyl (C=O) groups excluding carboxylic acids is 1. The maximum atomic E-state index is 12.0. The van der Waals surface area contributed by atoms with Crippen molar-refractivity contribution in [1.29, 1.82) is 0 Å². The zero-order chi connectivity index (χ0) is 15.5. The number of rotatable bonds is 3. The molecule has 0 N–H and O–H groups in total. The molecule has 1 aliphatic rings. The molecule has 7 nitrogen and oxygen atoms in total. The van der Waals surface area contributed by atoms with E-state index in [1.807, 2.05) is 13.0 Å². The quantitative estimate of drug-likeness (QED) is 0.785. The highest BCUT2D eigenvalue weighted by Crippen LogP contribution is 2.09. The molecule has 3 rings (SSSR count). The van der Waals surface area contributed by atoms with Crippen molar-refractivity contribution in [3.63, 3.8) is 0 Å². The summed E-state index contributed by atoms with van der Waals surface area (Å²) in [6, 6.07) is 4.97. The molecule has 0 saturated heterocycles. The third-order valence-corrected chi connectivity index (χ3v) is 3.14. The van der Waals surface area contributed by atoms with Crippen molar-refractivity contribution in [3.8, 4) is 0 Å². The lowest BCUT2D eigenvalue weighted by Gasteiger charge is -2.14. The van der Waals surface area contributed by atoms with Crippen LogP contribution in [0.25, 0.3) is 5.65 Å². The van der Waals surface area contributed by atoms with E-state index in [4.69, 9.17) is 14.2 Å². The molecule has 2 aromatic rings. The summed E-state index contributed by atoms with van der Waals surface area (Å²) in [7, 11) is 0. The number of pyridine rings is 1. The highest BCUT2D eigenvalue weighted by molar-refractivity contribution is 5.86. The van der Waals surface area contributed by atoms with E-state index in [9.17, 15) is 9.59 Å². The molecule has 7 heteroatoms. The normalized spacial score (nSPS) is 14.0. The molecule has 2 aromatic heterocycles. The summed E-state index contributed by atoms with van der Waals surface area (Å²) in [6.07, 6.45) is 2.87. The minimum absolute atomic E-state index is 0.0138. The molecule has 0 fully saturated rings. The van der Waals surface area contributed by atoms with Crippen LogP contribution < -0.4 is 5.56 Å². The Morgan fingerprint density at radius 2 is 2.32 bits per heavy atom. The van der Waals surface area contributed by atoms with Gasteiger partial charge in [0.05, 0.1) is 5.69 Å². The van der Waals surface area contributed by atoms with Gasteiger partial charge in [-0.1, -0.05) is 6.07 Å². The number of aromatic nitrogens is 2. The van der Waals surface area contributed by atoms with Crippen LogP contribution in [-0.2, 0) is 25.6 Å². The topological polar surface area (TPSA) is 79.1 Å². The van der Waals surface area contributed by atoms with Crippen LogP contribution in [0, 0.1) is 6.92 Å². The van der Waals surface area contributed by atoms with Gasteiger partial charge >= 0.3 is 5.97 Å². The lowest BCUT2D eigenvalue weighted by Crippen LogP contribution is -2.19. The summed E-state index contributed by atoms with van der Waals surface area (Å²) in [5.41, 5.74) is 1.55. The Morgan fingerprint density at radius 1 is 1.45 bits per heavy atom. The van der Waals surface area contributed by atoms with Crippen molar-refractivity contribution in [3.05, 3.63) is 58.0 Å². The van der Waals surface area contributed by atoms with Gasteiger partial charge in [-0.3, -0.25) is 9.20 Å². The molecular weight excluding hydrogens is 288 g/mol. The van der Waals surface area contributed by atoms with E-state index < -0.39 is 5.97 Å². The van der Waals surface area contributed by atoms with Gasteiger partial charge in [-0.05, 0) is 18.6 Å². The average Bonchev–Trinajstić information content (AvgIpc) is 2.54. The van der Waals surface area contributed by atoms with E-state index in [2.05, 4.69) is 4.98 Å². The second-order valence-electron chi connectivity index (χ2n) is 4.75. The monoisotopic (exact) mass is 302 g/mol. The molecule has 1 aliphatic heterocycles. The van der Waals surface area contributed by atoms with Crippen LogP contribution in [-0.4, -0.2) is 28.6 Å². The van der Waals surface area contributed by atoms with Gasteiger partial charge in [-0.25, -0.2) is 9.78 Å². The minimum Gasteiger partial charge on any atom is -0.493 e. The SMILES string of the molecule is Cc1cccn2c(=O)cc(COC(=O)C3=COCCO3)nc12. The second kappa shape index (κ2) is 5.88. The number of carbonyl (C=O) groups is 1. The Kier molecular flexibility index (Phi) is 3.78. The maximum absolute atomic E-state index is 12.0. The first-order valence-corrected chi connectivity index (χ1v) is 6.75. The standard InChI is InChI=1S/C15H14N2O5/c1-10-3-2-4-17-13(18)7-11(16-14(10)17)8-22-15(19)12-9-20-5-6-21-12/h2-4,7,9H,5-6,8H2,1H3. The van der Waals surface area contributed by atoms with Crippen LogP contribution in [0.15, 0.2) is 41.2 Å². The Morgan fingerprint density at radius 3 is 3.09 bits per heavy atom. The van der Waals surface area contributed by atoms with Crippen LogP contribution in [0.4, 0.5) is 0 Å². The smallest absolute Gasteiger partial charge is 0.377 e. The van der Waals surface area contributed by atoms with E-state index in [1.54, 1.807) is 12.3 Å². The van der Waals surface area contributed by atoms with Crippen LogP contribution in [0.1, 0.15) is 11.3 Å². The first-order chi connectivity index (χ1) is 10.6. The van der Waals surface area contributed by atoms with Crippen LogP contribution >= 0.6 is 0 Å². The van der Waals surface area contributed by atoms with E-state index >= 15 is 0 Å². The summed E-state index contributed by atoms with van der Waals surface area (Å²) in [4.78, 5) is 28.2. The third-order valence-electron chi connectivity index (χ3n) is 3.14. The largest absolute Gasteiger partial charge is 0.493 e. The minimum atomic E-state index is -0.647. The second-order valence-corrected chi connectivity index (χ2v) is 4.75. The van der Waals surface area contributed by atoms with Gasteiger partial charge in [0.25, 0.3) is 5.56 Å². The predicted octanol–water partition coefficient (Wildman–Crippen LogP) is 0.934. The van der Waals surface area contributed by atoms with Gasteiger partial charge in [-0.2, -0.15) is 0 Å². The van der Waals surface area contributed by atoms with Gasteiger partial charge < -0.3 is 14.2 Å². The van der Waals surface area contributed by atoms with E-state index in [0.29, 0.717) is 24.6 Å². The molecule has 0 atom stereocenters. The fourth-order valence-electron chi connectivity index (χ4n) is 2.07. The van der Waals surface area contributed by atoms with Crippen molar-refractivity contribution in [2.24, 2.45) is 0 Å². The van der Waals surface area contributed by atoms with Crippen molar-refractivity contribution < 1.29 is 19.0 Å². The number of hydrogen-bond donors (Lipinski definition) is 0. The fourth-order valence-corrected chi connectivity index (χ4v) is 2.07. The highest BCUT2D eigenvalue weighted by Gasteiger charge is 2.17. The summed E-state index contributed by atoms with van der Waals surface area (Å²) in [5, 5.41) is 0. The molecule has 0 amide bonds. The molecule has 0 bridgehead atoms. The predicted molar refractivity (Wildman–Crippen MR) is 76.0 cm³/mol. The summed E-state index contributed by atoms with van der Waals surface area (Å²) < 4.78 is 16.6. The third kappa shape index (κ3) is 2.78.